The fourth-order valence-corrected chi connectivity index (χ4v) is 3.95. The van der Waals surface area contributed by atoms with E-state index in [0.29, 0.717) is 24.1 Å². The zero-order valence-electron chi connectivity index (χ0n) is 14.2. The highest BCUT2D eigenvalue weighted by atomic mass is 16.2. The summed E-state index contributed by atoms with van der Waals surface area (Å²) in [5.41, 5.74) is 6.65. The Hall–Kier alpha value is -2.08. The highest BCUT2D eigenvalue weighted by Gasteiger charge is 2.37. The van der Waals surface area contributed by atoms with E-state index < -0.39 is 5.91 Å². The molecule has 3 N–H and O–H groups in total. The largest absolute Gasteiger partial charge is 0.366 e. The van der Waals surface area contributed by atoms with Gasteiger partial charge in [-0.3, -0.25) is 4.79 Å². The van der Waals surface area contributed by atoms with Gasteiger partial charge >= 0.3 is 6.03 Å². The molecule has 2 atom stereocenters. The number of nitrogens with one attached hydrogen (secondary N) is 1. The first-order valence-corrected chi connectivity index (χ1v) is 8.66. The molecular weight excluding hydrogens is 304 g/mol. The molecule has 24 heavy (non-hydrogen) atoms. The molecule has 2 aliphatic heterocycles. The monoisotopic (exact) mass is 330 g/mol. The molecule has 0 spiro atoms. The van der Waals surface area contributed by atoms with Gasteiger partial charge in [0.05, 0.1) is 0 Å². The van der Waals surface area contributed by atoms with E-state index in [1.54, 1.807) is 18.2 Å². The van der Waals surface area contributed by atoms with E-state index in [4.69, 9.17) is 5.73 Å². The van der Waals surface area contributed by atoms with Crippen molar-refractivity contribution >= 4 is 11.9 Å². The van der Waals surface area contributed by atoms with Crippen LogP contribution >= 0.6 is 0 Å². The number of hydrogen-bond donors (Lipinski definition) is 2. The average molecular weight is 330 g/mol. The first-order valence-electron chi connectivity index (χ1n) is 8.66. The SMILES string of the molecule is CN1CCC2C(CCCN2C(=O)NCc2cccc(C(N)=O)c2)C1. The molecule has 3 amide bonds. The molecule has 3 rings (SSSR count). The number of amides is 3. The number of nitrogens with two attached hydrogens (primary N) is 1. The van der Waals surface area contributed by atoms with Gasteiger partial charge < -0.3 is 20.9 Å². The molecule has 0 aliphatic carbocycles. The summed E-state index contributed by atoms with van der Waals surface area (Å²) in [6, 6.07) is 7.45. The molecule has 0 saturated carbocycles. The molecule has 2 aliphatic rings. The maximum atomic E-state index is 12.6. The third kappa shape index (κ3) is 3.70. The van der Waals surface area contributed by atoms with Crippen LogP contribution in [0.15, 0.2) is 24.3 Å². The second-order valence-electron chi connectivity index (χ2n) is 6.94. The Kier molecular flexibility index (Phi) is 5.04. The second-order valence-corrected chi connectivity index (χ2v) is 6.94. The molecule has 6 nitrogen and oxygen atoms in total. The zero-order valence-corrected chi connectivity index (χ0v) is 14.2. The Morgan fingerprint density at radius 1 is 1.29 bits per heavy atom. The molecule has 2 unspecified atom stereocenters. The first-order chi connectivity index (χ1) is 11.5. The summed E-state index contributed by atoms with van der Waals surface area (Å²) >= 11 is 0. The van der Waals surface area contributed by atoms with E-state index in [1.807, 2.05) is 11.0 Å². The third-order valence-corrected chi connectivity index (χ3v) is 5.19. The van der Waals surface area contributed by atoms with Gasteiger partial charge in [-0.25, -0.2) is 4.79 Å². The van der Waals surface area contributed by atoms with E-state index in [1.165, 1.54) is 6.42 Å². The van der Waals surface area contributed by atoms with Crippen molar-refractivity contribution in [3.8, 4) is 0 Å². The van der Waals surface area contributed by atoms with Crippen LogP contribution in [0.5, 0.6) is 0 Å². The molecule has 1 aromatic carbocycles. The van der Waals surface area contributed by atoms with Crippen LogP contribution in [0, 0.1) is 5.92 Å². The Bertz CT molecular complexity index is 619. The molecule has 1 aromatic rings. The van der Waals surface area contributed by atoms with Crippen LogP contribution < -0.4 is 11.1 Å². The van der Waals surface area contributed by atoms with Crippen molar-refractivity contribution in [1.82, 2.24) is 15.1 Å². The Labute approximate surface area is 143 Å². The Morgan fingerprint density at radius 2 is 2.12 bits per heavy atom. The first kappa shape index (κ1) is 16.8. The quantitative estimate of drug-likeness (QED) is 0.879. The third-order valence-electron chi connectivity index (χ3n) is 5.19. The second kappa shape index (κ2) is 7.21. The van der Waals surface area contributed by atoms with Gasteiger partial charge in [-0.05, 0) is 56.5 Å². The van der Waals surface area contributed by atoms with E-state index in [0.717, 1.165) is 38.0 Å². The summed E-state index contributed by atoms with van der Waals surface area (Å²) in [5, 5.41) is 3.00. The number of hydrogen-bond acceptors (Lipinski definition) is 3. The van der Waals surface area contributed by atoms with Crippen LogP contribution in [0.25, 0.3) is 0 Å². The zero-order chi connectivity index (χ0) is 17.1. The number of carbonyl (C=O) groups excluding carboxylic acids is 2. The van der Waals surface area contributed by atoms with Gasteiger partial charge in [0.2, 0.25) is 5.91 Å². The Balaban J connectivity index is 1.60. The number of fused-ring (bicyclic) bond motifs is 1. The van der Waals surface area contributed by atoms with E-state index in [2.05, 4.69) is 17.3 Å². The smallest absolute Gasteiger partial charge is 0.317 e. The van der Waals surface area contributed by atoms with Crippen LogP contribution in [-0.2, 0) is 6.54 Å². The number of primary amides is 1. The molecule has 2 heterocycles. The summed E-state index contributed by atoms with van der Waals surface area (Å²) in [6.45, 7) is 3.37. The highest BCUT2D eigenvalue weighted by Crippen LogP contribution is 2.30. The number of urea groups is 1. The average Bonchev–Trinajstić information content (AvgIpc) is 2.59. The van der Waals surface area contributed by atoms with Crippen molar-refractivity contribution in [2.24, 2.45) is 11.7 Å². The topological polar surface area (TPSA) is 78.7 Å². The lowest BCUT2D eigenvalue weighted by Gasteiger charge is -2.46. The minimum atomic E-state index is -0.451. The number of benzene rings is 1. The molecule has 2 saturated heterocycles. The molecule has 6 heteroatoms. The summed E-state index contributed by atoms with van der Waals surface area (Å²) in [6.07, 6.45) is 3.32. The summed E-state index contributed by atoms with van der Waals surface area (Å²) < 4.78 is 0. The maximum Gasteiger partial charge on any atom is 0.317 e. The van der Waals surface area contributed by atoms with Crippen molar-refractivity contribution in [1.29, 1.82) is 0 Å². The summed E-state index contributed by atoms with van der Waals surface area (Å²) in [7, 11) is 2.15. The fraction of sp³-hybridized carbons (Fsp3) is 0.556. The predicted molar refractivity (Wildman–Crippen MR) is 92.5 cm³/mol. The van der Waals surface area contributed by atoms with Gasteiger partial charge in [-0.15, -0.1) is 0 Å². The van der Waals surface area contributed by atoms with Gasteiger partial charge in [0.25, 0.3) is 0 Å². The fourth-order valence-electron chi connectivity index (χ4n) is 3.95. The number of nitrogens with zero attached hydrogens (tertiary/aromatic N) is 2. The van der Waals surface area contributed by atoms with Gasteiger partial charge in [0.1, 0.15) is 0 Å². The number of piperidine rings is 2. The number of carbonyl (C=O) groups is 2. The van der Waals surface area contributed by atoms with Crippen LogP contribution in [0.3, 0.4) is 0 Å². The summed E-state index contributed by atoms with van der Waals surface area (Å²) in [4.78, 5) is 28.3. The lowest BCUT2D eigenvalue weighted by molar-refractivity contribution is 0.0532. The van der Waals surface area contributed by atoms with E-state index in [-0.39, 0.29) is 6.03 Å². The van der Waals surface area contributed by atoms with Crippen LogP contribution in [0.4, 0.5) is 4.79 Å². The molecule has 0 radical (unpaired) electrons. The van der Waals surface area contributed by atoms with Crippen molar-refractivity contribution in [3.05, 3.63) is 35.4 Å². The number of rotatable bonds is 3. The van der Waals surface area contributed by atoms with Gasteiger partial charge in [0.15, 0.2) is 0 Å². The van der Waals surface area contributed by atoms with Gasteiger partial charge in [0, 0.05) is 31.2 Å². The van der Waals surface area contributed by atoms with Gasteiger partial charge in [-0.1, -0.05) is 12.1 Å². The highest BCUT2D eigenvalue weighted by molar-refractivity contribution is 5.92. The molecule has 0 bridgehead atoms. The van der Waals surface area contributed by atoms with Crippen molar-refractivity contribution in [2.45, 2.75) is 31.8 Å². The Morgan fingerprint density at radius 3 is 2.92 bits per heavy atom. The lowest BCUT2D eigenvalue weighted by atomic mass is 9.84. The minimum absolute atomic E-state index is 0.00117. The van der Waals surface area contributed by atoms with Crippen molar-refractivity contribution in [2.75, 3.05) is 26.7 Å². The predicted octanol–water partition coefficient (Wildman–Crippen LogP) is 1.41. The lowest BCUT2D eigenvalue weighted by Crippen LogP contribution is -2.57. The number of likely N-dealkylation sites (tertiary alicyclic amines) is 2. The van der Waals surface area contributed by atoms with Gasteiger partial charge in [-0.2, -0.15) is 0 Å². The van der Waals surface area contributed by atoms with Crippen molar-refractivity contribution in [3.63, 3.8) is 0 Å². The van der Waals surface area contributed by atoms with Crippen LogP contribution in [0.2, 0.25) is 0 Å². The van der Waals surface area contributed by atoms with Crippen LogP contribution in [0.1, 0.15) is 35.2 Å². The summed E-state index contributed by atoms with van der Waals surface area (Å²) in [5.74, 6) is 0.134. The molecule has 2 fully saturated rings. The molecule has 130 valence electrons. The molecule has 0 aromatic heterocycles. The molecular formula is C18H26N4O2. The minimum Gasteiger partial charge on any atom is -0.366 e. The normalized spacial score (nSPS) is 24.3. The van der Waals surface area contributed by atoms with Crippen molar-refractivity contribution < 1.29 is 9.59 Å². The maximum absolute atomic E-state index is 12.6. The van der Waals surface area contributed by atoms with E-state index in [9.17, 15) is 9.59 Å². The standard InChI is InChI=1S/C18H26N4O2/c1-21-9-7-16-15(12-21)6-3-8-22(16)18(24)20-11-13-4-2-5-14(10-13)17(19)23/h2,4-5,10,15-16H,3,6-9,11-12H2,1H3,(H2,19,23)(H,20,24). The van der Waals surface area contributed by atoms with E-state index >= 15 is 0 Å². The van der Waals surface area contributed by atoms with Crippen LogP contribution in [-0.4, -0.2) is 54.5 Å².